The Morgan fingerprint density at radius 3 is 3.10 bits per heavy atom. The van der Waals surface area contributed by atoms with Gasteiger partial charge in [0.25, 0.3) is 0 Å². The van der Waals surface area contributed by atoms with Crippen molar-refractivity contribution in [2.45, 2.75) is 25.7 Å². The molecule has 2 nitrogen and oxygen atoms in total. The zero-order valence-corrected chi connectivity index (χ0v) is 6.40. The lowest BCUT2D eigenvalue weighted by Gasteiger charge is -1.96. The molecule has 2 aliphatic rings. The summed E-state index contributed by atoms with van der Waals surface area (Å²) in [6, 6.07) is 0. The van der Waals surface area contributed by atoms with E-state index in [4.69, 9.17) is 0 Å². The van der Waals surface area contributed by atoms with E-state index in [1.165, 1.54) is 51.2 Å². The molecular weight excluding hydrogens is 124 g/mol. The van der Waals surface area contributed by atoms with Gasteiger partial charge in [-0.25, -0.2) is 0 Å². The molecule has 56 valence electrons. The van der Waals surface area contributed by atoms with E-state index < -0.39 is 0 Å². The summed E-state index contributed by atoms with van der Waals surface area (Å²) >= 11 is 0. The molecule has 0 spiro atoms. The zero-order chi connectivity index (χ0) is 6.81. The molecule has 0 fully saturated rings. The van der Waals surface area contributed by atoms with Crippen molar-refractivity contribution in [2.24, 2.45) is 0 Å². The van der Waals surface area contributed by atoms with Gasteiger partial charge in [-0.2, -0.15) is 0 Å². The summed E-state index contributed by atoms with van der Waals surface area (Å²) in [4.78, 5) is 0. The summed E-state index contributed by atoms with van der Waals surface area (Å²) in [7, 11) is 0. The summed E-state index contributed by atoms with van der Waals surface area (Å²) in [5.41, 5.74) is 0. The normalized spacial score (nSPS) is 25.6. The molecule has 10 heavy (non-hydrogen) atoms. The predicted molar refractivity (Wildman–Crippen MR) is 41.5 cm³/mol. The molecule has 0 amide bonds. The lowest BCUT2D eigenvalue weighted by molar-refractivity contribution is -0.518. The van der Waals surface area contributed by atoms with Crippen molar-refractivity contribution in [3.05, 3.63) is 0 Å². The third-order valence-electron chi connectivity index (χ3n) is 2.43. The van der Waals surface area contributed by atoms with Gasteiger partial charge in [-0.1, -0.05) is 0 Å². The standard InChI is InChI=1S/C8H14N2/c1-2-4-8-9-5-7-10(8)6-3-1/h1-7H2/p+1. The van der Waals surface area contributed by atoms with Gasteiger partial charge in [0.05, 0.1) is 6.54 Å². The molecule has 2 rings (SSSR count). The first kappa shape index (κ1) is 6.20. The highest BCUT2D eigenvalue weighted by Crippen LogP contribution is 2.08. The van der Waals surface area contributed by atoms with Crippen LogP contribution in [-0.2, 0) is 0 Å². The molecule has 0 aliphatic carbocycles. The van der Waals surface area contributed by atoms with Crippen LogP contribution in [0, 0.1) is 0 Å². The highest BCUT2D eigenvalue weighted by atomic mass is 15.2. The first-order valence-corrected chi connectivity index (χ1v) is 4.31. The Morgan fingerprint density at radius 1 is 1.10 bits per heavy atom. The molecule has 0 saturated heterocycles. The molecule has 0 bridgehead atoms. The number of rotatable bonds is 0. The summed E-state index contributed by atoms with van der Waals surface area (Å²) < 4.78 is 2.51. The van der Waals surface area contributed by atoms with Gasteiger partial charge in [0.1, 0.15) is 13.1 Å². The third-order valence-corrected chi connectivity index (χ3v) is 2.43. The lowest BCUT2D eigenvalue weighted by Crippen LogP contribution is -2.21. The minimum Gasteiger partial charge on any atom is -0.274 e. The van der Waals surface area contributed by atoms with E-state index in [0.717, 1.165) is 0 Å². The molecule has 1 N–H and O–H groups in total. The van der Waals surface area contributed by atoms with Crippen LogP contribution in [-0.4, -0.2) is 30.0 Å². The van der Waals surface area contributed by atoms with Crippen molar-refractivity contribution in [1.29, 1.82) is 0 Å². The van der Waals surface area contributed by atoms with Crippen LogP contribution in [0.1, 0.15) is 25.7 Å². The summed E-state index contributed by atoms with van der Waals surface area (Å²) in [5.74, 6) is 1.51. The van der Waals surface area contributed by atoms with Crippen molar-refractivity contribution in [2.75, 3.05) is 19.6 Å². The highest BCUT2D eigenvalue weighted by molar-refractivity contribution is 5.78. The van der Waals surface area contributed by atoms with Crippen molar-refractivity contribution in [1.82, 2.24) is 5.32 Å². The summed E-state index contributed by atoms with van der Waals surface area (Å²) in [6.07, 6.45) is 5.49. The van der Waals surface area contributed by atoms with Crippen LogP contribution >= 0.6 is 0 Å². The van der Waals surface area contributed by atoms with E-state index >= 15 is 0 Å². The second kappa shape index (κ2) is 2.60. The van der Waals surface area contributed by atoms with Crippen molar-refractivity contribution < 1.29 is 4.58 Å². The van der Waals surface area contributed by atoms with Crippen LogP contribution in [0.5, 0.6) is 0 Å². The number of amidine groups is 1. The van der Waals surface area contributed by atoms with Gasteiger partial charge in [0, 0.05) is 6.42 Å². The minimum atomic E-state index is 1.18. The van der Waals surface area contributed by atoms with Crippen LogP contribution in [0.3, 0.4) is 0 Å². The molecule has 0 unspecified atom stereocenters. The monoisotopic (exact) mass is 139 g/mol. The van der Waals surface area contributed by atoms with Gasteiger partial charge in [-0.3, -0.25) is 9.89 Å². The van der Waals surface area contributed by atoms with E-state index in [9.17, 15) is 0 Å². The molecule has 0 atom stereocenters. The maximum absolute atomic E-state index is 3.44. The Labute approximate surface area is 61.9 Å². The molecule has 0 saturated carbocycles. The van der Waals surface area contributed by atoms with E-state index in [2.05, 4.69) is 9.89 Å². The second-order valence-electron chi connectivity index (χ2n) is 3.17. The SMILES string of the molecule is C1CCC2=[N+](CC1)CCN2. The lowest BCUT2D eigenvalue weighted by atomic mass is 10.2. The van der Waals surface area contributed by atoms with E-state index in [1.54, 1.807) is 0 Å². The zero-order valence-electron chi connectivity index (χ0n) is 6.40. The molecule has 0 aromatic heterocycles. The number of hydrogen-bond donors (Lipinski definition) is 1. The largest absolute Gasteiger partial charge is 0.274 e. The fraction of sp³-hybridized carbons (Fsp3) is 0.875. The fourth-order valence-electron chi connectivity index (χ4n) is 1.85. The maximum atomic E-state index is 3.44. The first-order valence-electron chi connectivity index (χ1n) is 4.31. The highest BCUT2D eigenvalue weighted by Gasteiger charge is 2.21. The van der Waals surface area contributed by atoms with Crippen LogP contribution < -0.4 is 5.32 Å². The molecule has 0 aromatic rings. The Kier molecular flexibility index (Phi) is 1.61. The van der Waals surface area contributed by atoms with Crippen molar-refractivity contribution >= 4 is 5.84 Å². The van der Waals surface area contributed by atoms with E-state index in [0.29, 0.717) is 0 Å². The average Bonchev–Trinajstić information content (AvgIpc) is 2.28. The molecule has 2 heterocycles. The van der Waals surface area contributed by atoms with Gasteiger partial charge in [0.2, 0.25) is 5.84 Å². The number of hydrogen-bond acceptors (Lipinski definition) is 1. The van der Waals surface area contributed by atoms with Gasteiger partial charge in [0.15, 0.2) is 0 Å². The number of nitrogens with one attached hydrogen (secondary N) is 1. The maximum Gasteiger partial charge on any atom is 0.244 e. The Bertz CT molecular complexity index is 145. The van der Waals surface area contributed by atoms with Crippen LogP contribution in [0.15, 0.2) is 0 Å². The number of nitrogens with zero attached hydrogens (tertiary/aromatic N) is 1. The van der Waals surface area contributed by atoms with Gasteiger partial charge >= 0.3 is 0 Å². The Balaban J connectivity index is 2.10. The summed E-state index contributed by atoms with van der Waals surface area (Å²) in [6.45, 7) is 3.72. The van der Waals surface area contributed by atoms with Gasteiger partial charge in [-0.05, 0) is 19.3 Å². The van der Waals surface area contributed by atoms with Gasteiger partial charge in [-0.15, -0.1) is 0 Å². The van der Waals surface area contributed by atoms with Crippen molar-refractivity contribution in [3.8, 4) is 0 Å². The van der Waals surface area contributed by atoms with Crippen LogP contribution in [0.25, 0.3) is 0 Å². The summed E-state index contributed by atoms with van der Waals surface area (Å²) in [5, 5.41) is 3.44. The Hall–Kier alpha value is -0.530. The smallest absolute Gasteiger partial charge is 0.244 e. The fourth-order valence-corrected chi connectivity index (χ4v) is 1.85. The minimum absolute atomic E-state index is 1.18. The molecular formula is C8H15N2+. The van der Waals surface area contributed by atoms with E-state index in [-0.39, 0.29) is 0 Å². The quantitative estimate of drug-likeness (QED) is 0.485. The predicted octanol–water partition coefficient (Wildman–Crippen LogP) is 0.575. The molecule has 2 aliphatic heterocycles. The molecule has 0 radical (unpaired) electrons. The van der Waals surface area contributed by atoms with Crippen LogP contribution in [0.2, 0.25) is 0 Å². The molecule has 2 heteroatoms. The van der Waals surface area contributed by atoms with Gasteiger partial charge < -0.3 is 0 Å². The van der Waals surface area contributed by atoms with Crippen molar-refractivity contribution in [3.63, 3.8) is 0 Å². The molecule has 0 aromatic carbocycles. The second-order valence-corrected chi connectivity index (χ2v) is 3.17. The topological polar surface area (TPSA) is 15.0 Å². The Morgan fingerprint density at radius 2 is 2.10 bits per heavy atom. The average molecular weight is 139 g/mol. The van der Waals surface area contributed by atoms with Crippen LogP contribution in [0.4, 0.5) is 0 Å². The van der Waals surface area contributed by atoms with E-state index in [1.807, 2.05) is 0 Å². The third kappa shape index (κ3) is 1.02. The first-order chi connectivity index (χ1) is 4.97.